The molecule has 20 heavy (non-hydrogen) atoms. The highest BCUT2D eigenvalue weighted by molar-refractivity contribution is 5.59. The van der Waals surface area contributed by atoms with Gasteiger partial charge in [-0.2, -0.15) is 5.10 Å². The fourth-order valence-electron chi connectivity index (χ4n) is 3.03. The normalized spacial score (nSPS) is 15.7. The van der Waals surface area contributed by atoms with Crippen LogP contribution in [0.2, 0.25) is 0 Å². The highest BCUT2D eigenvalue weighted by atomic mass is 16.6. The number of rotatable bonds is 7. The van der Waals surface area contributed by atoms with Gasteiger partial charge in [0.2, 0.25) is 5.82 Å². The average Bonchev–Trinajstić information content (AvgIpc) is 2.99. The molecule has 0 spiro atoms. The molecular weight excluding hydrogens is 256 g/mol. The molecule has 0 amide bonds. The van der Waals surface area contributed by atoms with Gasteiger partial charge in [-0.3, -0.25) is 10.1 Å². The van der Waals surface area contributed by atoms with E-state index < -0.39 is 0 Å². The Bertz CT molecular complexity index is 464. The molecule has 1 aromatic heterocycles. The largest absolute Gasteiger partial charge is 0.365 e. The summed E-state index contributed by atoms with van der Waals surface area (Å²) in [5, 5.41) is 18.7. The lowest BCUT2D eigenvalue weighted by molar-refractivity contribution is -0.384. The molecule has 0 radical (unpaired) electrons. The van der Waals surface area contributed by atoms with Crippen LogP contribution in [0.3, 0.4) is 0 Å². The SMILES string of the molecule is CCCn1nc(C)c([N+](=O)[O-])c1NCCC1CCCC1. The Balaban J connectivity index is 2.04. The Morgan fingerprint density at radius 3 is 2.75 bits per heavy atom. The van der Waals surface area contributed by atoms with E-state index in [1.807, 2.05) is 6.92 Å². The Morgan fingerprint density at radius 1 is 1.45 bits per heavy atom. The summed E-state index contributed by atoms with van der Waals surface area (Å²) >= 11 is 0. The monoisotopic (exact) mass is 280 g/mol. The molecule has 0 bridgehead atoms. The number of hydrogen-bond donors (Lipinski definition) is 1. The van der Waals surface area contributed by atoms with Gasteiger partial charge < -0.3 is 5.32 Å². The molecule has 0 aliphatic heterocycles. The predicted molar refractivity (Wildman–Crippen MR) is 79.0 cm³/mol. The number of hydrogen-bond acceptors (Lipinski definition) is 4. The van der Waals surface area contributed by atoms with Gasteiger partial charge in [-0.15, -0.1) is 0 Å². The van der Waals surface area contributed by atoms with Crippen LogP contribution in [-0.2, 0) is 6.54 Å². The summed E-state index contributed by atoms with van der Waals surface area (Å²) in [6, 6.07) is 0. The Morgan fingerprint density at radius 2 is 2.15 bits per heavy atom. The van der Waals surface area contributed by atoms with E-state index in [4.69, 9.17) is 0 Å². The van der Waals surface area contributed by atoms with Gasteiger partial charge >= 0.3 is 5.69 Å². The van der Waals surface area contributed by atoms with E-state index in [0.29, 0.717) is 18.1 Å². The standard InChI is InChI=1S/C14H24N4O2/c1-3-10-17-14(13(18(19)20)11(2)16-17)15-9-8-12-6-4-5-7-12/h12,15H,3-10H2,1-2H3. The van der Waals surface area contributed by atoms with Crippen molar-refractivity contribution in [3.8, 4) is 0 Å². The molecular formula is C14H24N4O2. The smallest absolute Gasteiger partial charge is 0.333 e. The molecule has 2 rings (SSSR count). The van der Waals surface area contributed by atoms with Gasteiger partial charge in [0.1, 0.15) is 5.69 Å². The third kappa shape index (κ3) is 3.29. The molecule has 1 heterocycles. The van der Waals surface area contributed by atoms with E-state index >= 15 is 0 Å². The Hall–Kier alpha value is -1.59. The van der Waals surface area contributed by atoms with Crippen molar-refractivity contribution in [3.05, 3.63) is 15.8 Å². The lowest BCUT2D eigenvalue weighted by Gasteiger charge is -2.11. The van der Waals surface area contributed by atoms with E-state index in [2.05, 4.69) is 10.4 Å². The topological polar surface area (TPSA) is 73.0 Å². The lowest BCUT2D eigenvalue weighted by atomic mass is 10.0. The van der Waals surface area contributed by atoms with Crippen molar-refractivity contribution in [3.63, 3.8) is 0 Å². The first kappa shape index (κ1) is 14.8. The van der Waals surface area contributed by atoms with Crippen LogP contribution in [0.15, 0.2) is 0 Å². The minimum Gasteiger partial charge on any atom is -0.365 e. The third-order valence-corrected chi connectivity index (χ3v) is 4.03. The van der Waals surface area contributed by atoms with Crippen LogP contribution in [0, 0.1) is 23.0 Å². The summed E-state index contributed by atoms with van der Waals surface area (Å²) in [6.07, 6.45) is 7.27. The van der Waals surface area contributed by atoms with Crippen molar-refractivity contribution >= 4 is 11.5 Å². The zero-order chi connectivity index (χ0) is 14.5. The van der Waals surface area contributed by atoms with Crippen molar-refractivity contribution in [2.75, 3.05) is 11.9 Å². The summed E-state index contributed by atoms with van der Waals surface area (Å²) in [5.41, 5.74) is 0.622. The molecule has 112 valence electrons. The number of nitrogens with zero attached hydrogens (tertiary/aromatic N) is 3. The number of nitrogens with one attached hydrogen (secondary N) is 1. The fourth-order valence-corrected chi connectivity index (χ4v) is 3.03. The number of aromatic nitrogens is 2. The Labute approximate surface area is 119 Å². The van der Waals surface area contributed by atoms with Crippen molar-refractivity contribution in [1.82, 2.24) is 9.78 Å². The van der Waals surface area contributed by atoms with E-state index in [1.54, 1.807) is 11.6 Å². The number of nitro groups is 1. The summed E-state index contributed by atoms with van der Waals surface area (Å²) in [4.78, 5) is 10.9. The molecule has 1 fully saturated rings. The predicted octanol–water partition coefficient (Wildman–Crippen LogP) is 3.50. The quantitative estimate of drug-likeness (QED) is 0.613. The van der Waals surface area contributed by atoms with E-state index in [0.717, 1.165) is 25.3 Å². The highest BCUT2D eigenvalue weighted by Crippen LogP contribution is 2.30. The van der Waals surface area contributed by atoms with Crippen LogP contribution >= 0.6 is 0 Å². The van der Waals surface area contributed by atoms with E-state index in [1.165, 1.54) is 25.7 Å². The van der Waals surface area contributed by atoms with Crippen molar-refractivity contribution in [2.45, 2.75) is 58.9 Å². The molecule has 1 aliphatic carbocycles. The van der Waals surface area contributed by atoms with Gasteiger partial charge in [0.15, 0.2) is 0 Å². The zero-order valence-corrected chi connectivity index (χ0v) is 12.4. The van der Waals surface area contributed by atoms with Crippen LogP contribution in [-0.4, -0.2) is 21.2 Å². The zero-order valence-electron chi connectivity index (χ0n) is 12.4. The maximum Gasteiger partial charge on any atom is 0.333 e. The number of anilines is 1. The summed E-state index contributed by atoms with van der Waals surface area (Å²) < 4.78 is 1.74. The van der Waals surface area contributed by atoms with Crippen LogP contribution in [0.5, 0.6) is 0 Å². The minimum atomic E-state index is -0.327. The van der Waals surface area contributed by atoms with Gasteiger partial charge in [0.25, 0.3) is 0 Å². The van der Waals surface area contributed by atoms with Crippen molar-refractivity contribution < 1.29 is 4.92 Å². The molecule has 1 aliphatic rings. The van der Waals surface area contributed by atoms with Crippen LogP contribution in [0.25, 0.3) is 0 Å². The van der Waals surface area contributed by atoms with Crippen LogP contribution < -0.4 is 5.32 Å². The van der Waals surface area contributed by atoms with Crippen LogP contribution in [0.1, 0.15) is 51.1 Å². The van der Waals surface area contributed by atoms with Gasteiger partial charge in [-0.25, -0.2) is 4.68 Å². The van der Waals surface area contributed by atoms with Gasteiger partial charge in [-0.05, 0) is 25.7 Å². The first-order valence-corrected chi connectivity index (χ1v) is 7.59. The third-order valence-electron chi connectivity index (χ3n) is 4.03. The van der Waals surface area contributed by atoms with E-state index in [9.17, 15) is 10.1 Å². The second kappa shape index (κ2) is 6.72. The molecule has 0 saturated heterocycles. The maximum absolute atomic E-state index is 11.2. The van der Waals surface area contributed by atoms with E-state index in [-0.39, 0.29) is 10.6 Å². The maximum atomic E-state index is 11.2. The molecule has 0 aromatic carbocycles. The molecule has 1 N–H and O–H groups in total. The lowest BCUT2D eigenvalue weighted by Crippen LogP contribution is -2.12. The molecule has 1 saturated carbocycles. The second-order valence-electron chi connectivity index (χ2n) is 5.63. The molecule has 1 aromatic rings. The van der Waals surface area contributed by atoms with Gasteiger partial charge in [0.05, 0.1) is 4.92 Å². The first-order valence-electron chi connectivity index (χ1n) is 7.59. The second-order valence-corrected chi connectivity index (χ2v) is 5.63. The first-order chi connectivity index (χ1) is 9.63. The van der Waals surface area contributed by atoms with Crippen molar-refractivity contribution in [1.29, 1.82) is 0 Å². The van der Waals surface area contributed by atoms with Gasteiger partial charge in [-0.1, -0.05) is 32.6 Å². The fraction of sp³-hybridized carbons (Fsp3) is 0.786. The average molecular weight is 280 g/mol. The number of aryl methyl sites for hydroxylation is 2. The van der Waals surface area contributed by atoms with Crippen LogP contribution in [0.4, 0.5) is 11.5 Å². The van der Waals surface area contributed by atoms with Gasteiger partial charge in [0, 0.05) is 13.1 Å². The molecule has 0 atom stereocenters. The minimum absolute atomic E-state index is 0.130. The van der Waals surface area contributed by atoms with Crippen molar-refractivity contribution in [2.24, 2.45) is 5.92 Å². The Kier molecular flexibility index (Phi) is 4.98. The molecule has 0 unspecified atom stereocenters. The summed E-state index contributed by atoms with van der Waals surface area (Å²) in [6.45, 7) is 5.25. The molecule has 6 nitrogen and oxygen atoms in total. The summed E-state index contributed by atoms with van der Waals surface area (Å²) in [7, 11) is 0. The summed E-state index contributed by atoms with van der Waals surface area (Å²) in [5.74, 6) is 1.36. The molecule has 6 heteroatoms. The highest BCUT2D eigenvalue weighted by Gasteiger charge is 2.25.